The number of nitrogens with zero attached hydrogens (tertiary/aromatic N) is 1. The molecule has 2 rings (SSSR count). The second-order valence-corrected chi connectivity index (χ2v) is 5.54. The molecule has 0 saturated heterocycles. The highest BCUT2D eigenvalue weighted by Gasteiger charge is 2.21. The van der Waals surface area contributed by atoms with E-state index in [0.29, 0.717) is 5.92 Å². The Bertz CT molecular complexity index is 554. The van der Waals surface area contributed by atoms with Crippen LogP contribution in [0.15, 0.2) is 42.7 Å². The summed E-state index contributed by atoms with van der Waals surface area (Å²) < 4.78 is 0. The van der Waals surface area contributed by atoms with E-state index in [1.165, 1.54) is 16.7 Å². The lowest BCUT2D eigenvalue weighted by atomic mass is 9.87. The fourth-order valence-corrected chi connectivity index (χ4v) is 2.76. The Labute approximate surface area is 126 Å². The van der Waals surface area contributed by atoms with Crippen LogP contribution in [0.4, 0.5) is 0 Å². The van der Waals surface area contributed by atoms with E-state index in [-0.39, 0.29) is 6.04 Å². The van der Waals surface area contributed by atoms with Gasteiger partial charge in [-0.25, -0.2) is 0 Å². The lowest BCUT2D eigenvalue weighted by Gasteiger charge is -2.27. The average molecular weight is 289 g/mol. The van der Waals surface area contributed by atoms with Crippen LogP contribution >= 0.6 is 11.6 Å². The predicted molar refractivity (Wildman–Crippen MR) is 85.3 cm³/mol. The molecular formula is C17H21ClN2. The highest BCUT2D eigenvalue weighted by atomic mass is 35.5. The summed E-state index contributed by atoms with van der Waals surface area (Å²) in [4.78, 5) is 4.10. The van der Waals surface area contributed by atoms with Crippen LogP contribution in [0.3, 0.4) is 0 Å². The Kier molecular flexibility index (Phi) is 5.16. The van der Waals surface area contributed by atoms with Crippen molar-refractivity contribution in [2.24, 2.45) is 0 Å². The van der Waals surface area contributed by atoms with Gasteiger partial charge in [0.25, 0.3) is 0 Å². The highest BCUT2D eigenvalue weighted by Crippen LogP contribution is 2.33. The second-order valence-electron chi connectivity index (χ2n) is 5.11. The first kappa shape index (κ1) is 15.0. The van der Waals surface area contributed by atoms with Crippen LogP contribution in [0.5, 0.6) is 0 Å². The molecule has 0 bridgehead atoms. The SMILES string of the molecule is CCNC(c1cc(Cl)ccc1C)C(C)c1ccncc1. The largest absolute Gasteiger partial charge is 0.310 e. The van der Waals surface area contributed by atoms with E-state index in [4.69, 9.17) is 11.6 Å². The summed E-state index contributed by atoms with van der Waals surface area (Å²) in [6.07, 6.45) is 3.69. The van der Waals surface area contributed by atoms with E-state index >= 15 is 0 Å². The Morgan fingerprint density at radius 3 is 2.55 bits per heavy atom. The van der Waals surface area contributed by atoms with Gasteiger partial charge in [0, 0.05) is 29.4 Å². The topological polar surface area (TPSA) is 24.9 Å². The van der Waals surface area contributed by atoms with E-state index < -0.39 is 0 Å². The molecule has 0 aliphatic heterocycles. The maximum Gasteiger partial charge on any atom is 0.0409 e. The molecule has 0 saturated carbocycles. The molecule has 20 heavy (non-hydrogen) atoms. The maximum atomic E-state index is 6.17. The first-order chi connectivity index (χ1) is 9.63. The number of rotatable bonds is 5. The molecule has 1 aromatic heterocycles. The summed E-state index contributed by atoms with van der Waals surface area (Å²) in [5.74, 6) is 0.357. The summed E-state index contributed by atoms with van der Waals surface area (Å²) in [5, 5.41) is 4.37. The molecule has 2 nitrogen and oxygen atoms in total. The van der Waals surface area contributed by atoms with Gasteiger partial charge in [0.05, 0.1) is 0 Å². The minimum atomic E-state index is 0.251. The fourth-order valence-electron chi connectivity index (χ4n) is 2.58. The van der Waals surface area contributed by atoms with Crippen LogP contribution in [0.1, 0.15) is 42.5 Å². The van der Waals surface area contributed by atoms with Crippen LogP contribution in [0.2, 0.25) is 5.02 Å². The third-order valence-electron chi connectivity index (χ3n) is 3.73. The van der Waals surface area contributed by atoms with Gasteiger partial charge in [0.15, 0.2) is 0 Å². The maximum absolute atomic E-state index is 6.17. The van der Waals surface area contributed by atoms with Gasteiger partial charge in [-0.1, -0.05) is 31.5 Å². The summed E-state index contributed by atoms with van der Waals surface area (Å²) >= 11 is 6.17. The van der Waals surface area contributed by atoms with Crippen molar-refractivity contribution >= 4 is 11.6 Å². The van der Waals surface area contributed by atoms with Gasteiger partial charge in [-0.3, -0.25) is 4.98 Å². The minimum Gasteiger partial charge on any atom is -0.310 e. The van der Waals surface area contributed by atoms with Crippen LogP contribution in [-0.2, 0) is 0 Å². The zero-order chi connectivity index (χ0) is 14.5. The summed E-state index contributed by atoms with van der Waals surface area (Å²) in [6.45, 7) is 7.43. The Morgan fingerprint density at radius 1 is 1.20 bits per heavy atom. The number of likely N-dealkylation sites (N-methyl/N-ethyl adjacent to an activating group) is 1. The first-order valence-electron chi connectivity index (χ1n) is 7.02. The van der Waals surface area contributed by atoms with E-state index in [0.717, 1.165) is 11.6 Å². The molecule has 2 atom stereocenters. The normalized spacial score (nSPS) is 14.0. The van der Waals surface area contributed by atoms with E-state index in [9.17, 15) is 0 Å². The average Bonchev–Trinajstić information content (AvgIpc) is 2.48. The third kappa shape index (κ3) is 3.38. The predicted octanol–water partition coefficient (Wildman–Crippen LogP) is 4.50. The fraction of sp³-hybridized carbons (Fsp3) is 0.353. The number of pyridine rings is 1. The van der Waals surface area contributed by atoms with Gasteiger partial charge in [-0.05, 0) is 54.4 Å². The van der Waals surface area contributed by atoms with Crippen LogP contribution in [0, 0.1) is 6.92 Å². The van der Waals surface area contributed by atoms with Gasteiger partial charge in [0.1, 0.15) is 0 Å². The number of hydrogen-bond acceptors (Lipinski definition) is 2. The van der Waals surface area contributed by atoms with Crippen LogP contribution in [0.25, 0.3) is 0 Å². The zero-order valence-electron chi connectivity index (χ0n) is 12.2. The van der Waals surface area contributed by atoms with Crippen LogP contribution < -0.4 is 5.32 Å². The van der Waals surface area contributed by atoms with Crippen LogP contribution in [-0.4, -0.2) is 11.5 Å². The number of aryl methyl sites for hydroxylation is 1. The van der Waals surface area contributed by atoms with Crippen molar-refractivity contribution in [1.29, 1.82) is 0 Å². The summed E-state index contributed by atoms with van der Waals surface area (Å²) in [7, 11) is 0. The molecule has 1 aromatic carbocycles. The van der Waals surface area contributed by atoms with Crippen molar-refractivity contribution in [1.82, 2.24) is 10.3 Å². The van der Waals surface area contributed by atoms with Gasteiger partial charge < -0.3 is 5.32 Å². The number of nitrogens with one attached hydrogen (secondary N) is 1. The molecule has 1 N–H and O–H groups in total. The Hall–Kier alpha value is -1.38. The van der Waals surface area contributed by atoms with Crippen molar-refractivity contribution in [2.75, 3.05) is 6.54 Å². The van der Waals surface area contributed by atoms with Crippen molar-refractivity contribution in [3.8, 4) is 0 Å². The minimum absolute atomic E-state index is 0.251. The molecular weight excluding hydrogens is 268 g/mol. The van der Waals surface area contributed by atoms with Crippen molar-refractivity contribution < 1.29 is 0 Å². The molecule has 0 aliphatic rings. The van der Waals surface area contributed by atoms with Crippen molar-refractivity contribution in [2.45, 2.75) is 32.7 Å². The first-order valence-corrected chi connectivity index (χ1v) is 7.40. The molecule has 0 fully saturated rings. The van der Waals surface area contributed by atoms with E-state index in [2.05, 4.69) is 55.3 Å². The third-order valence-corrected chi connectivity index (χ3v) is 3.97. The molecule has 106 valence electrons. The van der Waals surface area contributed by atoms with Gasteiger partial charge in [-0.2, -0.15) is 0 Å². The summed E-state index contributed by atoms with van der Waals surface area (Å²) in [6, 6.07) is 10.5. The smallest absolute Gasteiger partial charge is 0.0409 e. The quantitative estimate of drug-likeness (QED) is 0.876. The van der Waals surface area contributed by atoms with Crippen molar-refractivity contribution in [3.05, 3.63) is 64.4 Å². The Morgan fingerprint density at radius 2 is 1.90 bits per heavy atom. The lowest BCUT2D eigenvalue weighted by molar-refractivity contribution is 0.477. The number of aromatic nitrogens is 1. The van der Waals surface area contributed by atoms with E-state index in [1.54, 1.807) is 0 Å². The molecule has 0 spiro atoms. The molecule has 0 aliphatic carbocycles. The molecule has 3 heteroatoms. The number of benzene rings is 1. The summed E-state index contributed by atoms with van der Waals surface area (Å²) in [5.41, 5.74) is 3.82. The lowest BCUT2D eigenvalue weighted by Crippen LogP contribution is -2.26. The van der Waals surface area contributed by atoms with E-state index in [1.807, 2.05) is 18.5 Å². The standard InChI is InChI=1S/C17H21ClN2/c1-4-20-17(13(3)14-7-9-19-10-8-14)16-11-15(18)6-5-12(16)2/h5-11,13,17,20H,4H2,1-3H3. The molecule has 0 radical (unpaired) electrons. The Balaban J connectivity index is 2.38. The molecule has 0 amide bonds. The molecule has 1 heterocycles. The molecule has 2 aromatic rings. The number of hydrogen-bond donors (Lipinski definition) is 1. The monoisotopic (exact) mass is 288 g/mol. The number of halogens is 1. The second kappa shape index (κ2) is 6.87. The van der Waals surface area contributed by atoms with Gasteiger partial charge in [0.2, 0.25) is 0 Å². The van der Waals surface area contributed by atoms with Gasteiger partial charge >= 0.3 is 0 Å². The van der Waals surface area contributed by atoms with Crippen molar-refractivity contribution in [3.63, 3.8) is 0 Å². The zero-order valence-corrected chi connectivity index (χ0v) is 13.0. The highest BCUT2D eigenvalue weighted by molar-refractivity contribution is 6.30. The van der Waals surface area contributed by atoms with Gasteiger partial charge in [-0.15, -0.1) is 0 Å². The molecule has 2 unspecified atom stereocenters.